The number of ether oxygens (including phenoxy) is 3. The van der Waals surface area contributed by atoms with E-state index in [1.54, 1.807) is 13.2 Å². The minimum absolute atomic E-state index is 0.0328. The number of carboxylic acid groups (broad SMARTS) is 1. The number of methoxy groups -OCH3 is 2. The third-order valence-corrected chi connectivity index (χ3v) is 8.55. The van der Waals surface area contributed by atoms with Crippen LogP contribution in [-0.4, -0.2) is 43.4 Å². The summed E-state index contributed by atoms with van der Waals surface area (Å²) < 4.78 is 17.8. The molecule has 0 unspecified atom stereocenters. The van der Waals surface area contributed by atoms with E-state index in [1.807, 2.05) is 42.5 Å². The van der Waals surface area contributed by atoms with Gasteiger partial charge in [0.25, 0.3) is 0 Å². The number of aliphatic carboxylic acids is 1. The number of nitrogens with zero attached hydrogens (tertiary/aromatic N) is 1. The van der Waals surface area contributed by atoms with E-state index in [9.17, 15) is 14.7 Å². The minimum atomic E-state index is -1.000. The average molecular weight is 580 g/mol. The lowest BCUT2D eigenvalue weighted by Crippen LogP contribution is -2.29. The highest BCUT2D eigenvalue weighted by Gasteiger charge is 2.39. The molecule has 1 N–H and O–H groups in total. The lowest BCUT2D eigenvalue weighted by atomic mass is 9.74. The maximum Gasteiger partial charge on any atom is 0.308 e. The summed E-state index contributed by atoms with van der Waals surface area (Å²) in [6.45, 7) is 4.43. The largest absolute Gasteiger partial charge is 0.496 e. The fourth-order valence-corrected chi connectivity index (χ4v) is 6.41. The van der Waals surface area contributed by atoms with Crippen LogP contribution in [-0.2, 0) is 32.8 Å². The van der Waals surface area contributed by atoms with Gasteiger partial charge in [-0.25, -0.2) is 5.06 Å². The number of hydrogen-bond acceptors (Lipinski definition) is 6. The van der Waals surface area contributed by atoms with E-state index in [4.69, 9.17) is 19.0 Å². The van der Waals surface area contributed by atoms with E-state index in [0.29, 0.717) is 40.5 Å². The van der Waals surface area contributed by atoms with Crippen molar-refractivity contribution < 1.29 is 33.7 Å². The predicted molar refractivity (Wildman–Crippen MR) is 161 cm³/mol. The van der Waals surface area contributed by atoms with Crippen molar-refractivity contribution in [2.75, 3.05) is 20.8 Å². The Morgan fingerprint density at radius 2 is 1.40 bits per heavy atom. The molecule has 8 heteroatoms. The number of rotatable bonds is 10. The smallest absolute Gasteiger partial charge is 0.308 e. The van der Waals surface area contributed by atoms with Crippen LogP contribution in [0.3, 0.4) is 0 Å². The topological polar surface area (TPSA) is 94.5 Å². The van der Waals surface area contributed by atoms with Crippen LogP contribution in [0.2, 0.25) is 0 Å². The summed E-state index contributed by atoms with van der Waals surface area (Å²) in [5.74, 6) is 0.859. The SMILES string of the molecule is COc1ccc2c(c1CC(=O)O)Oc1c(ccc(OC)c1CN(C=O)OCC1c3ccccc3-c3ccccc31)C2(C)C. The number of carbonyl (C=O) groups excluding carboxylic acids is 1. The molecule has 0 atom stereocenters. The number of amides is 1. The fourth-order valence-electron chi connectivity index (χ4n) is 6.41. The van der Waals surface area contributed by atoms with Gasteiger partial charge in [0.1, 0.15) is 23.0 Å². The van der Waals surface area contributed by atoms with Crippen LogP contribution in [0.25, 0.3) is 11.1 Å². The van der Waals surface area contributed by atoms with Crippen LogP contribution in [0.4, 0.5) is 0 Å². The van der Waals surface area contributed by atoms with Gasteiger partial charge in [-0.15, -0.1) is 0 Å². The summed E-state index contributed by atoms with van der Waals surface area (Å²) in [6, 6.07) is 24.0. The Morgan fingerprint density at radius 3 is 1.93 bits per heavy atom. The Morgan fingerprint density at radius 1 is 0.860 bits per heavy atom. The van der Waals surface area contributed by atoms with E-state index in [2.05, 4.69) is 38.1 Å². The summed E-state index contributed by atoms with van der Waals surface area (Å²) in [7, 11) is 3.06. The molecule has 0 fully saturated rings. The summed E-state index contributed by atoms with van der Waals surface area (Å²) in [4.78, 5) is 30.4. The summed E-state index contributed by atoms with van der Waals surface area (Å²) in [5.41, 5.74) is 6.89. The molecule has 1 aliphatic carbocycles. The van der Waals surface area contributed by atoms with Crippen molar-refractivity contribution in [1.29, 1.82) is 0 Å². The molecular weight excluding hydrogens is 546 g/mol. The van der Waals surface area contributed by atoms with Crippen molar-refractivity contribution >= 4 is 12.4 Å². The Balaban J connectivity index is 1.35. The first-order valence-electron chi connectivity index (χ1n) is 14.1. The molecule has 220 valence electrons. The summed E-state index contributed by atoms with van der Waals surface area (Å²) >= 11 is 0. The van der Waals surface area contributed by atoms with Crippen molar-refractivity contribution in [2.24, 2.45) is 0 Å². The standard InChI is InChI=1S/C35H33NO7/c1-35(2)28-13-15-30(40-3)25(17-32(38)39)33(28)43-34-26(31(41-4)16-14-29(34)35)18-36(20-37)42-19-27-23-11-7-5-9-21(23)22-10-6-8-12-24(22)27/h5-16,20,27H,17-19H2,1-4H3,(H,38,39). The van der Waals surface area contributed by atoms with Crippen molar-refractivity contribution in [3.05, 3.63) is 106 Å². The molecule has 2 aliphatic rings. The number of hydroxylamine groups is 2. The summed E-state index contributed by atoms with van der Waals surface area (Å²) in [5, 5.41) is 10.9. The van der Waals surface area contributed by atoms with Crippen LogP contribution in [0, 0.1) is 0 Å². The number of carbonyl (C=O) groups is 2. The highest BCUT2D eigenvalue weighted by molar-refractivity contribution is 5.79. The van der Waals surface area contributed by atoms with Crippen LogP contribution < -0.4 is 14.2 Å². The maximum atomic E-state index is 12.4. The monoisotopic (exact) mass is 579 g/mol. The first kappa shape index (κ1) is 28.3. The van der Waals surface area contributed by atoms with E-state index < -0.39 is 11.4 Å². The van der Waals surface area contributed by atoms with Gasteiger partial charge < -0.3 is 19.3 Å². The molecule has 0 aromatic heterocycles. The van der Waals surface area contributed by atoms with Crippen molar-refractivity contribution in [3.63, 3.8) is 0 Å². The molecule has 0 saturated carbocycles. The number of carboxylic acids is 1. The Hall–Kier alpha value is -4.82. The average Bonchev–Trinajstić information content (AvgIpc) is 3.33. The van der Waals surface area contributed by atoms with E-state index in [1.165, 1.54) is 23.3 Å². The molecule has 0 bridgehead atoms. The van der Waals surface area contributed by atoms with Gasteiger partial charge in [-0.2, -0.15) is 0 Å². The summed E-state index contributed by atoms with van der Waals surface area (Å²) in [6.07, 6.45) is 0.386. The molecule has 6 rings (SSSR count). The Labute approximate surface area is 250 Å². The first-order chi connectivity index (χ1) is 20.8. The number of fused-ring (bicyclic) bond motifs is 5. The van der Waals surface area contributed by atoms with Gasteiger partial charge >= 0.3 is 5.97 Å². The molecule has 4 aromatic rings. The molecule has 43 heavy (non-hydrogen) atoms. The quantitative estimate of drug-likeness (QED) is 0.170. The second kappa shape index (κ2) is 11.1. The Bertz CT molecular complexity index is 1680. The molecular formula is C35H33NO7. The van der Waals surface area contributed by atoms with Crippen molar-refractivity contribution in [1.82, 2.24) is 5.06 Å². The zero-order chi connectivity index (χ0) is 30.3. The lowest BCUT2D eigenvalue weighted by molar-refractivity contribution is -0.177. The first-order valence-corrected chi connectivity index (χ1v) is 14.1. The molecule has 1 amide bonds. The van der Waals surface area contributed by atoms with Crippen LogP contribution in [0.5, 0.6) is 23.0 Å². The van der Waals surface area contributed by atoms with Gasteiger partial charge in [-0.1, -0.05) is 74.5 Å². The van der Waals surface area contributed by atoms with Crippen molar-refractivity contribution in [2.45, 2.75) is 38.1 Å². The van der Waals surface area contributed by atoms with E-state index >= 15 is 0 Å². The maximum absolute atomic E-state index is 12.4. The molecule has 8 nitrogen and oxygen atoms in total. The lowest BCUT2D eigenvalue weighted by Gasteiger charge is -2.37. The predicted octanol–water partition coefficient (Wildman–Crippen LogP) is 6.47. The Kier molecular flexibility index (Phi) is 7.31. The van der Waals surface area contributed by atoms with Crippen LogP contribution in [0.15, 0.2) is 72.8 Å². The van der Waals surface area contributed by atoms with Gasteiger partial charge in [-0.3, -0.25) is 14.4 Å². The molecule has 1 heterocycles. The molecule has 4 aromatic carbocycles. The normalized spacial score (nSPS) is 14.0. The minimum Gasteiger partial charge on any atom is -0.496 e. The van der Waals surface area contributed by atoms with Gasteiger partial charge in [0, 0.05) is 28.0 Å². The third kappa shape index (κ3) is 4.77. The van der Waals surface area contributed by atoms with Crippen molar-refractivity contribution in [3.8, 4) is 34.1 Å². The zero-order valence-corrected chi connectivity index (χ0v) is 24.5. The molecule has 0 saturated heterocycles. The van der Waals surface area contributed by atoms with Crippen LogP contribution in [0.1, 0.15) is 53.1 Å². The zero-order valence-electron chi connectivity index (χ0n) is 24.5. The second-order valence-electron chi connectivity index (χ2n) is 11.2. The number of benzene rings is 4. The highest BCUT2D eigenvalue weighted by Crippen LogP contribution is 2.53. The molecule has 1 aliphatic heterocycles. The third-order valence-electron chi connectivity index (χ3n) is 8.55. The number of hydrogen-bond donors (Lipinski definition) is 1. The van der Waals surface area contributed by atoms with Crippen LogP contribution >= 0.6 is 0 Å². The van der Waals surface area contributed by atoms with Gasteiger partial charge in [-0.05, 0) is 34.4 Å². The fraction of sp³-hybridized carbons (Fsp3) is 0.257. The van der Waals surface area contributed by atoms with Gasteiger partial charge in [0.15, 0.2) is 0 Å². The highest BCUT2D eigenvalue weighted by atomic mass is 16.7. The second-order valence-corrected chi connectivity index (χ2v) is 11.2. The molecule has 0 radical (unpaired) electrons. The van der Waals surface area contributed by atoms with Gasteiger partial charge in [0.2, 0.25) is 6.41 Å². The van der Waals surface area contributed by atoms with E-state index in [-0.39, 0.29) is 25.5 Å². The molecule has 0 spiro atoms. The van der Waals surface area contributed by atoms with Gasteiger partial charge in [0.05, 0.1) is 39.4 Å². The van der Waals surface area contributed by atoms with E-state index in [0.717, 1.165) is 22.3 Å².